The summed E-state index contributed by atoms with van der Waals surface area (Å²) in [6.07, 6.45) is 1.50. The summed E-state index contributed by atoms with van der Waals surface area (Å²) in [5.41, 5.74) is 6.70. The maximum absolute atomic E-state index is 10.8. The monoisotopic (exact) mass is 263 g/mol. The third-order valence-corrected chi connectivity index (χ3v) is 2.29. The van der Waals surface area contributed by atoms with Crippen LogP contribution in [0.1, 0.15) is 5.56 Å². The van der Waals surface area contributed by atoms with E-state index in [0.717, 1.165) is 11.3 Å². The second-order valence-corrected chi connectivity index (χ2v) is 3.88. The molecule has 18 heavy (non-hydrogen) atoms. The molecular formula is C11H10ClN5O. The van der Waals surface area contributed by atoms with E-state index in [-0.39, 0.29) is 17.6 Å². The van der Waals surface area contributed by atoms with Gasteiger partial charge >= 0.3 is 0 Å². The van der Waals surface area contributed by atoms with Crippen molar-refractivity contribution in [3.63, 3.8) is 0 Å². The van der Waals surface area contributed by atoms with Gasteiger partial charge in [-0.25, -0.2) is 9.97 Å². The fourth-order valence-corrected chi connectivity index (χ4v) is 1.55. The molecule has 3 N–H and O–H groups in total. The number of carbonyl (C=O) groups is 1. The number of hydrogen-bond donors (Lipinski definition) is 2. The SMILES string of the molecule is NC(=O)Cc1cccc(Nc2ncnc(Cl)n2)c1. The molecule has 92 valence electrons. The molecule has 0 radical (unpaired) electrons. The molecule has 0 saturated carbocycles. The molecule has 6 nitrogen and oxygen atoms in total. The zero-order valence-electron chi connectivity index (χ0n) is 9.30. The summed E-state index contributed by atoms with van der Waals surface area (Å²) in [5, 5.41) is 3.07. The molecule has 0 aliphatic rings. The van der Waals surface area contributed by atoms with Gasteiger partial charge in [0.25, 0.3) is 0 Å². The quantitative estimate of drug-likeness (QED) is 0.867. The third-order valence-electron chi connectivity index (χ3n) is 2.10. The Morgan fingerprint density at radius 3 is 2.94 bits per heavy atom. The summed E-state index contributed by atoms with van der Waals surface area (Å²) in [4.78, 5) is 22.3. The smallest absolute Gasteiger partial charge is 0.231 e. The lowest BCUT2D eigenvalue weighted by atomic mass is 10.1. The van der Waals surface area contributed by atoms with Gasteiger partial charge < -0.3 is 11.1 Å². The minimum atomic E-state index is -0.379. The van der Waals surface area contributed by atoms with Crippen LogP contribution in [0.2, 0.25) is 5.28 Å². The maximum atomic E-state index is 10.8. The highest BCUT2D eigenvalue weighted by Crippen LogP contribution is 2.15. The average Bonchev–Trinajstić information content (AvgIpc) is 2.28. The van der Waals surface area contributed by atoms with E-state index in [9.17, 15) is 4.79 Å². The first kappa shape index (κ1) is 12.3. The number of primary amides is 1. The normalized spacial score (nSPS) is 10.1. The molecular weight excluding hydrogens is 254 g/mol. The number of aromatic nitrogens is 3. The van der Waals surface area contributed by atoms with E-state index in [2.05, 4.69) is 20.3 Å². The molecule has 1 aromatic heterocycles. The van der Waals surface area contributed by atoms with E-state index in [0.29, 0.717) is 5.95 Å². The number of nitrogens with one attached hydrogen (secondary N) is 1. The molecule has 0 atom stereocenters. The molecule has 0 fully saturated rings. The minimum absolute atomic E-state index is 0.112. The largest absolute Gasteiger partial charge is 0.369 e. The molecule has 0 bridgehead atoms. The first-order chi connectivity index (χ1) is 8.63. The van der Waals surface area contributed by atoms with Crippen LogP contribution in [0.3, 0.4) is 0 Å². The molecule has 1 amide bonds. The van der Waals surface area contributed by atoms with Gasteiger partial charge in [0.2, 0.25) is 17.1 Å². The number of anilines is 2. The maximum Gasteiger partial charge on any atom is 0.231 e. The van der Waals surface area contributed by atoms with Crippen LogP contribution in [0, 0.1) is 0 Å². The first-order valence-electron chi connectivity index (χ1n) is 5.12. The van der Waals surface area contributed by atoms with E-state index in [4.69, 9.17) is 17.3 Å². The zero-order chi connectivity index (χ0) is 13.0. The Bertz CT molecular complexity index is 575. The van der Waals surface area contributed by atoms with Crippen LogP contribution in [0.15, 0.2) is 30.6 Å². The van der Waals surface area contributed by atoms with Gasteiger partial charge in [0, 0.05) is 5.69 Å². The van der Waals surface area contributed by atoms with Crippen molar-refractivity contribution in [1.29, 1.82) is 0 Å². The highest BCUT2D eigenvalue weighted by molar-refractivity contribution is 6.28. The Morgan fingerprint density at radius 1 is 1.39 bits per heavy atom. The molecule has 1 aromatic carbocycles. The molecule has 2 rings (SSSR count). The number of nitrogens with two attached hydrogens (primary N) is 1. The van der Waals surface area contributed by atoms with E-state index in [1.54, 1.807) is 6.07 Å². The fourth-order valence-electron chi connectivity index (χ4n) is 1.43. The lowest BCUT2D eigenvalue weighted by Gasteiger charge is -2.05. The standard InChI is InChI=1S/C11H10ClN5O/c12-10-14-6-15-11(17-10)16-8-3-1-2-7(4-8)5-9(13)18/h1-4,6H,5H2,(H2,13,18)(H,14,15,16,17). The zero-order valence-corrected chi connectivity index (χ0v) is 10.1. The van der Waals surface area contributed by atoms with Gasteiger partial charge in [0.15, 0.2) is 0 Å². The topological polar surface area (TPSA) is 93.8 Å². The van der Waals surface area contributed by atoms with Crippen LogP contribution in [0.4, 0.5) is 11.6 Å². The van der Waals surface area contributed by atoms with Gasteiger partial charge in [-0.2, -0.15) is 4.98 Å². The van der Waals surface area contributed by atoms with Crippen LogP contribution in [-0.4, -0.2) is 20.9 Å². The molecule has 0 unspecified atom stereocenters. The molecule has 2 aromatic rings. The average molecular weight is 264 g/mol. The highest BCUT2D eigenvalue weighted by atomic mass is 35.5. The second-order valence-electron chi connectivity index (χ2n) is 3.55. The van der Waals surface area contributed by atoms with E-state index < -0.39 is 0 Å². The minimum Gasteiger partial charge on any atom is -0.369 e. The van der Waals surface area contributed by atoms with E-state index in [1.165, 1.54) is 6.33 Å². The van der Waals surface area contributed by atoms with E-state index >= 15 is 0 Å². The third kappa shape index (κ3) is 3.39. The van der Waals surface area contributed by atoms with Gasteiger partial charge in [-0.3, -0.25) is 4.79 Å². The van der Waals surface area contributed by atoms with Gasteiger partial charge in [-0.15, -0.1) is 0 Å². The fraction of sp³-hybridized carbons (Fsp3) is 0.0909. The molecule has 0 aliphatic heterocycles. The van der Waals surface area contributed by atoms with Crippen molar-refractivity contribution in [2.24, 2.45) is 5.73 Å². The number of halogens is 1. The van der Waals surface area contributed by atoms with Crippen LogP contribution in [0.5, 0.6) is 0 Å². The van der Waals surface area contributed by atoms with Gasteiger partial charge in [0.05, 0.1) is 6.42 Å². The second kappa shape index (κ2) is 5.42. The predicted molar refractivity (Wildman–Crippen MR) is 67.5 cm³/mol. The number of amides is 1. The van der Waals surface area contributed by atoms with Crippen molar-refractivity contribution in [2.45, 2.75) is 6.42 Å². The number of carbonyl (C=O) groups excluding carboxylic acids is 1. The number of hydrogen-bond acceptors (Lipinski definition) is 5. The van der Waals surface area contributed by atoms with Gasteiger partial charge in [-0.1, -0.05) is 12.1 Å². The number of nitrogens with zero attached hydrogens (tertiary/aromatic N) is 3. The Hall–Kier alpha value is -2.21. The Kier molecular flexibility index (Phi) is 3.69. The molecule has 0 saturated heterocycles. The molecule has 0 spiro atoms. The van der Waals surface area contributed by atoms with Gasteiger partial charge in [-0.05, 0) is 29.3 Å². The summed E-state index contributed by atoms with van der Waals surface area (Å²) < 4.78 is 0. The number of benzene rings is 1. The molecule has 1 heterocycles. The van der Waals surface area contributed by atoms with Crippen LogP contribution < -0.4 is 11.1 Å². The lowest BCUT2D eigenvalue weighted by molar-refractivity contribution is -0.117. The summed E-state index contributed by atoms with van der Waals surface area (Å²) in [6, 6.07) is 7.24. The van der Waals surface area contributed by atoms with Crippen molar-refractivity contribution in [3.8, 4) is 0 Å². The Morgan fingerprint density at radius 2 is 2.22 bits per heavy atom. The first-order valence-corrected chi connectivity index (χ1v) is 5.50. The molecule has 7 heteroatoms. The highest BCUT2D eigenvalue weighted by Gasteiger charge is 2.02. The molecule has 0 aliphatic carbocycles. The van der Waals surface area contributed by atoms with Crippen molar-refractivity contribution in [1.82, 2.24) is 15.0 Å². The van der Waals surface area contributed by atoms with Crippen LogP contribution in [0.25, 0.3) is 0 Å². The summed E-state index contributed by atoms with van der Waals surface area (Å²) in [7, 11) is 0. The Labute approximate surface area is 108 Å². The summed E-state index contributed by atoms with van der Waals surface area (Å²) in [5.74, 6) is -0.0402. The van der Waals surface area contributed by atoms with Crippen molar-refractivity contribution < 1.29 is 4.79 Å². The van der Waals surface area contributed by atoms with Crippen LogP contribution >= 0.6 is 11.6 Å². The lowest BCUT2D eigenvalue weighted by Crippen LogP contribution is -2.13. The summed E-state index contributed by atoms with van der Waals surface area (Å²) in [6.45, 7) is 0. The Balaban J connectivity index is 2.16. The van der Waals surface area contributed by atoms with Crippen molar-refractivity contribution in [3.05, 3.63) is 41.4 Å². The van der Waals surface area contributed by atoms with Crippen molar-refractivity contribution in [2.75, 3.05) is 5.32 Å². The van der Waals surface area contributed by atoms with E-state index in [1.807, 2.05) is 18.2 Å². The van der Waals surface area contributed by atoms with Crippen molar-refractivity contribution >= 4 is 29.1 Å². The number of rotatable bonds is 4. The van der Waals surface area contributed by atoms with Crippen LogP contribution in [-0.2, 0) is 11.2 Å². The summed E-state index contributed by atoms with van der Waals surface area (Å²) >= 11 is 5.65. The predicted octanol–water partition coefficient (Wildman–Crippen LogP) is 1.30. The van der Waals surface area contributed by atoms with Gasteiger partial charge in [0.1, 0.15) is 6.33 Å².